The minimum atomic E-state index is -0.124. The largest absolute Gasteiger partial charge is 0.469 e. The number of hydrogen-bond acceptors (Lipinski definition) is 4. The molecule has 88 valence electrons. The Morgan fingerprint density at radius 2 is 2.00 bits per heavy atom. The van der Waals surface area contributed by atoms with Gasteiger partial charge in [0.2, 0.25) is 0 Å². The molecule has 1 saturated heterocycles. The van der Waals surface area contributed by atoms with Crippen molar-refractivity contribution in [2.45, 2.75) is 50.7 Å². The van der Waals surface area contributed by atoms with E-state index < -0.39 is 0 Å². The number of ether oxygens (including phenoxy) is 2. The summed E-state index contributed by atoms with van der Waals surface area (Å²) in [6.07, 6.45) is 6.14. The highest BCUT2D eigenvalue weighted by Crippen LogP contribution is 2.26. The fourth-order valence-electron chi connectivity index (χ4n) is 1.66. The zero-order valence-electron chi connectivity index (χ0n) is 9.28. The first kappa shape index (κ1) is 12.5. The molecule has 0 saturated carbocycles. The summed E-state index contributed by atoms with van der Waals surface area (Å²) in [6.45, 7) is 0.146. The van der Waals surface area contributed by atoms with E-state index in [2.05, 4.69) is 4.74 Å². The SMILES string of the molecule is COC(=O)CCCCCC[C@@H]1O[C@H]1CO. The predicted octanol–water partition coefficient (Wildman–Crippen LogP) is 1.26. The van der Waals surface area contributed by atoms with Crippen LogP contribution in [0.2, 0.25) is 0 Å². The first-order valence-electron chi connectivity index (χ1n) is 5.61. The van der Waals surface area contributed by atoms with Gasteiger partial charge in [0.1, 0.15) is 6.10 Å². The van der Waals surface area contributed by atoms with Gasteiger partial charge in [0.15, 0.2) is 0 Å². The maximum Gasteiger partial charge on any atom is 0.305 e. The second kappa shape index (κ2) is 6.80. The van der Waals surface area contributed by atoms with E-state index in [1.807, 2.05) is 0 Å². The first-order valence-corrected chi connectivity index (χ1v) is 5.61. The molecular weight excluding hydrogens is 196 g/mol. The molecule has 0 spiro atoms. The topological polar surface area (TPSA) is 59.1 Å². The highest BCUT2D eigenvalue weighted by Gasteiger charge is 2.36. The molecule has 1 aliphatic heterocycles. The number of rotatable bonds is 8. The van der Waals surface area contributed by atoms with Crippen molar-refractivity contribution in [3.05, 3.63) is 0 Å². The molecule has 1 rings (SSSR count). The van der Waals surface area contributed by atoms with Gasteiger partial charge in [-0.05, 0) is 12.8 Å². The summed E-state index contributed by atoms with van der Waals surface area (Å²) in [5.74, 6) is -0.124. The van der Waals surface area contributed by atoms with Gasteiger partial charge in [-0.2, -0.15) is 0 Å². The molecule has 1 aliphatic rings. The van der Waals surface area contributed by atoms with E-state index in [1.165, 1.54) is 7.11 Å². The molecule has 2 atom stereocenters. The highest BCUT2D eigenvalue weighted by atomic mass is 16.6. The van der Waals surface area contributed by atoms with E-state index in [0.29, 0.717) is 6.42 Å². The monoisotopic (exact) mass is 216 g/mol. The van der Waals surface area contributed by atoms with Crippen molar-refractivity contribution in [2.75, 3.05) is 13.7 Å². The van der Waals surface area contributed by atoms with Crippen LogP contribution in [-0.2, 0) is 14.3 Å². The Balaban J connectivity index is 1.80. The Bertz CT molecular complexity index is 193. The van der Waals surface area contributed by atoms with E-state index in [0.717, 1.165) is 32.1 Å². The lowest BCUT2D eigenvalue weighted by Crippen LogP contribution is -2.00. The number of methoxy groups -OCH3 is 1. The molecule has 0 amide bonds. The lowest BCUT2D eigenvalue weighted by Gasteiger charge is -1.99. The summed E-state index contributed by atoms with van der Waals surface area (Å²) in [5.41, 5.74) is 0. The zero-order chi connectivity index (χ0) is 11.1. The van der Waals surface area contributed by atoms with Gasteiger partial charge in [0.05, 0.1) is 19.8 Å². The first-order chi connectivity index (χ1) is 7.27. The van der Waals surface area contributed by atoms with Crippen molar-refractivity contribution in [1.82, 2.24) is 0 Å². The van der Waals surface area contributed by atoms with Crippen LogP contribution >= 0.6 is 0 Å². The lowest BCUT2D eigenvalue weighted by molar-refractivity contribution is -0.140. The van der Waals surface area contributed by atoms with Crippen molar-refractivity contribution >= 4 is 5.97 Å². The molecule has 15 heavy (non-hydrogen) atoms. The molecule has 0 unspecified atom stereocenters. The van der Waals surface area contributed by atoms with Crippen molar-refractivity contribution in [1.29, 1.82) is 0 Å². The molecule has 4 heteroatoms. The van der Waals surface area contributed by atoms with Crippen LogP contribution in [0.25, 0.3) is 0 Å². The van der Waals surface area contributed by atoms with Gasteiger partial charge >= 0.3 is 5.97 Å². The standard InChI is InChI=1S/C11H20O4/c1-14-11(13)7-5-3-2-4-6-9-10(8-12)15-9/h9-10,12H,2-8H2,1H3/t9-,10-/m0/s1. The Hall–Kier alpha value is -0.610. The van der Waals surface area contributed by atoms with E-state index in [-0.39, 0.29) is 24.8 Å². The van der Waals surface area contributed by atoms with Crippen LogP contribution < -0.4 is 0 Å². The molecule has 0 aromatic heterocycles. The van der Waals surface area contributed by atoms with Gasteiger partial charge in [-0.25, -0.2) is 0 Å². The van der Waals surface area contributed by atoms with Crippen LogP contribution in [0.4, 0.5) is 0 Å². The van der Waals surface area contributed by atoms with Gasteiger partial charge < -0.3 is 14.6 Å². The minimum Gasteiger partial charge on any atom is -0.469 e. The quantitative estimate of drug-likeness (QED) is 0.377. The van der Waals surface area contributed by atoms with Crippen LogP contribution in [0.5, 0.6) is 0 Å². The Morgan fingerprint density at radius 1 is 1.27 bits per heavy atom. The van der Waals surface area contributed by atoms with Gasteiger partial charge in [-0.3, -0.25) is 4.79 Å². The fourth-order valence-corrected chi connectivity index (χ4v) is 1.66. The third-order valence-electron chi connectivity index (χ3n) is 2.71. The van der Waals surface area contributed by atoms with Crippen molar-refractivity contribution in [3.63, 3.8) is 0 Å². The fraction of sp³-hybridized carbons (Fsp3) is 0.909. The molecular formula is C11H20O4. The maximum absolute atomic E-state index is 10.8. The van der Waals surface area contributed by atoms with Crippen molar-refractivity contribution in [3.8, 4) is 0 Å². The Kier molecular flexibility index (Phi) is 5.65. The number of hydrogen-bond donors (Lipinski definition) is 1. The van der Waals surface area contributed by atoms with E-state index in [9.17, 15) is 4.79 Å². The van der Waals surface area contributed by atoms with Gasteiger partial charge in [-0.15, -0.1) is 0 Å². The number of aliphatic hydroxyl groups excluding tert-OH is 1. The zero-order valence-corrected chi connectivity index (χ0v) is 9.28. The van der Waals surface area contributed by atoms with E-state index in [4.69, 9.17) is 9.84 Å². The average Bonchev–Trinajstić information content (AvgIpc) is 3.01. The smallest absolute Gasteiger partial charge is 0.305 e. The molecule has 0 bridgehead atoms. The van der Waals surface area contributed by atoms with Gasteiger partial charge in [-0.1, -0.05) is 19.3 Å². The lowest BCUT2D eigenvalue weighted by atomic mass is 10.1. The van der Waals surface area contributed by atoms with Crippen molar-refractivity contribution < 1.29 is 19.4 Å². The summed E-state index contributed by atoms with van der Waals surface area (Å²) in [6, 6.07) is 0. The third-order valence-corrected chi connectivity index (χ3v) is 2.71. The Labute approximate surface area is 90.6 Å². The third kappa shape index (κ3) is 5.14. The van der Waals surface area contributed by atoms with E-state index in [1.54, 1.807) is 0 Å². The molecule has 0 aromatic rings. The van der Waals surface area contributed by atoms with Crippen LogP contribution in [0.1, 0.15) is 38.5 Å². The number of unbranched alkanes of at least 4 members (excludes halogenated alkanes) is 3. The summed E-state index contributed by atoms with van der Waals surface area (Å²) < 4.78 is 9.75. The van der Waals surface area contributed by atoms with Crippen LogP contribution in [-0.4, -0.2) is 37.0 Å². The second-order valence-electron chi connectivity index (χ2n) is 3.92. The molecule has 1 heterocycles. The molecule has 4 nitrogen and oxygen atoms in total. The molecule has 0 radical (unpaired) electrons. The number of carbonyl (C=O) groups is 1. The van der Waals surface area contributed by atoms with E-state index >= 15 is 0 Å². The summed E-state index contributed by atoms with van der Waals surface area (Å²) >= 11 is 0. The van der Waals surface area contributed by atoms with Gasteiger partial charge in [0.25, 0.3) is 0 Å². The summed E-state index contributed by atoms with van der Waals surface area (Å²) in [4.78, 5) is 10.8. The molecule has 1 N–H and O–H groups in total. The van der Waals surface area contributed by atoms with Crippen LogP contribution in [0.15, 0.2) is 0 Å². The molecule has 1 fully saturated rings. The van der Waals surface area contributed by atoms with Gasteiger partial charge in [0, 0.05) is 6.42 Å². The maximum atomic E-state index is 10.8. The molecule has 0 aromatic carbocycles. The number of epoxide rings is 1. The van der Waals surface area contributed by atoms with Crippen molar-refractivity contribution in [2.24, 2.45) is 0 Å². The normalized spacial score (nSPS) is 23.9. The summed E-state index contributed by atoms with van der Waals surface area (Å²) in [5, 5.41) is 8.73. The predicted molar refractivity (Wildman–Crippen MR) is 55.5 cm³/mol. The Morgan fingerprint density at radius 3 is 2.60 bits per heavy atom. The van der Waals surface area contributed by atoms with Crippen LogP contribution in [0.3, 0.4) is 0 Å². The highest BCUT2D eigenvalue weighted by molar-refractivity contribution is 5.68. The number of aliphatic hydroxyl groups is 1. The second-order valence-corrected chi connectivity index (χ2v) is 3.92. The summed E-state index contributed by atoms with van der Waals surface area (Å²) in [7, 11) is 1.42. The molecule has 0 aliphatic carbocycles. The number of carbonyl (C=O) groups excluding carboxylic acids is 1. The average molecular weight is 216 g/mol. The van der Waals surface area contributed by atoms with Crippen LogP contribution in [0, 0.1) is 0 Å². The number of esters is 1. The minimum absolute atomic E-state index is 0.0973.